The van der Waals surface area contributed by atoms with E-state index in [0.29, 0.717) is 12.3 Å². The van der Waals surface area contributed by atoms with Crippen LogP contribution >= 0.6 is 0 Å². The van der Waals surface area contributed by atoms with Gasteiger partial charge in [0.05, 0.1) is 12.3 Å². The van der Waals surface area contributed by atoms with Gasteiger partial charge in [0.15, 0.2) is 12.3 Å². The Bertz CT molecular complexity index is 1300. The molecule has 3 rings (SSSR count). The number of nitrogens with zero attached hydrogens (tertiary/aromatic N) is 4. The first kappa shape index (κ1) is 33.9. The van der Waals surface area contributed by atoms with E-state index in [1.165, 1.54) is 20.5 Å². The van der Waals surface area contributed by atoms with Crippen molar-refractivity contribution in [2.24, 2.45) is 0 Å². The maximum Gasteiger partial charge on any atom is 0.409 e. The van der Waals surface area contributed by atoms with Gasteiger partial charge in [0, 0.05) is 38.7 Å². The van der Waals surface area contributed by atoms with E-state index in [1.807, 2.05) is 6.92 Å². The van der Waals surface area contributed by atoms with Crippen LogP contribution in [0.1, 0.15) is 63.9 Å². The third-order valence-corrected chi connectivity index (χ3v) is 6.49. The Labute approximate surface area is 256 Å². The van der Waals surface area contributed by atoms with Gasteiger partial charge in [-0.05, 0) is 45.7 Å². The van der Waals surface area contributed by atoms with Gasteiger partial charge < -0.3 is 34.4 Å². The summed E-state index contributed by atoms with van der Waals surface area (Å²) in [5, 5.41) is 16.1. The number of nitrogens with one attached hydrogen (secondary N) is 1. The Balaban J connectivity index is 1.76. The van der Waals surface area contributed by atoms with Gasteiger partial charge in [-0.15, -0.1) is 0 Å². The number of amides is 3. The monoisotopic (exact) mass is 615 g/mol. The number of benzene rings is 1. The van der Waals surface area contributed by atoms with E-state index >= 15 is 0 Å². The molecule has 3 amide bonds. The number of carbonyl (C=O) groups excluding carboxylic acids is 4. The number of carboxylic acid groups (broad SMARTS) is 1. The van der Waals surface area contributed by atoms with Crippen molar-refractivity contribution in [2.75, 3.05) is 39.4 Å². The molecule has 0 bridgehead atoms. The molecule has 1 fully saturated rings. The summed E-state index contributed by atoms with van der Waals surface area (Å²) in [5.74, 6) is -2.87. The van der Waals surface area contributed by atoms with Crippen LogP contribution in [0.4, 0.5) is 4.79 Å². The van der Waals surface area contributed by atoms with Crippen LogP contribution < -0.4 is 10.1 Å². The highest BCUT2D eigenvalue weighted by atomic mass is 16.6. The number of aromatic nitrogens is 2. The van der Waals surface area contributed by atoms with Gasteiger partial charge in [-0.25, -0.2) is 14.3 Å². The van der Waals surface area contributed by atoms with E-state index in [1.54, 1.807) is 51.1 Å². The lowest BCUT2D eigenvalue weighted by Crippen LogP contribution is -2.56. The van der Waals surface area contributed by atoms with Crippen LogP contribution in [-0.4, -0.2) is 106 Å². The van der Waals surface area contributed by atoms with Crippen LogP contribution in [0.2, 0.25) is 0 Å². The lowest BCUT2D eigenvalue weighted by molar-refractivity contribution is -0.155. The zero-order chi connectivity index (χ0) is 32.3. The van der Waals surface area contributed by atoms with Crippen LogP contribution in [0, 0.1) is 0 Å². The maximum atomic E-state index is 13.6. The average molecular weight is 616 g/mol. The molecular formula is C30H41N5O9. The van der Waals surface area contributed by atoms with Crippen molar-refractivity contribution in [2.45, 2.75) is 65.0 Å². The van der Waals surface area contributed by atoms with Crippen molar-refractivity contribution in [3.05, 3.63) is 42.1 Å². The lowest BCUT2D eigenvalue weighted by atomic mass is 10.1. The Hall–Kier alpha value is -4.62. The summed E-state index contributed by atoms with van der Waals surface area (Å²) in [6.45, 7) is 7.82. The molecule has 14 heteroatoms. The third kappa shape index (κ3) is 10.3. The van der Waals surface area contributed by atoms with Crippen molar-refractivity contribution in [1.82, 2.24) is 24.9 Å². The standard InChI is InChI=1S/C30H41N5O9/c1-5-6-18-42-29(41)34-16-14-33(15-17-34)28(40)22(12-13-26(38)44-30(2,3)4)31-27(39)23-19-24(43-20-25(36)37)35(32-23)21-10-8-7-9-11-21/h7-11,19,22H,5-6,12-18,20H2,1-4H3,(H,31,39)(H,36,37). The van der Waals surface area contributed by atoms with Crippen molar-refractivity contribution in [3.8, 4) is 11.6 Å². The first-order chi connectivity index (χ1) is 20.9. The Morgan fingerprint density at radius 1 is 1.02 bits per heavy atom. The molecule has 44 heavy (non-hydrogen) atoms. The molecule has 1 aromatic carbocycles. The molecular weight excluding hydrogens is 574 g/mol. The molecule has 14 nitrogen and oxygen atoms in total. The minimum Gasteiger partial charge on any atom is -0.479 e. The predicted molar refractivity (Wildman–Crippen MR) is 157 cm³/mol. The van der Waals surface area contributed by atoms with Crippen molar-refractivity contribution in [1.29, 1.82) is 0 Å². The molecule has 1 aromatic heterocycles. The molecule has 2 heterocycles. The number of carbonyl (C=O) groups is 5. The van der Waals surface area contributed by atoms with Gasteiger partial charge in [0.2, 0.25) is 11.8 Å². The maximum absolute atomic E-state index is 13.6. The summed E-state index contributed by atoms with van der Waals surface area (Å²) in [6.07, 6.45) is 1.05. The molecule has 0 aliphatic carbocycles. The number of esters is 1. The van der Waals surface area contributed by atoms with E-state index < -0.39 is 48.1 Å². The number of para-hydroxylation sites is 1. The fraction of sp³-hybridized carbons (Fsp3) is 0.533. The largest absolute Gasteiger partial charge is 0.479 e. The van der Waals surface area contributed by atoms with Gasteiger partial charge in [-0.3, -0.25) is 14.4 Å². The minimum absolute atomic E-state index is 0.0160. The number of hydrogen-bond donors (Lipinski definition) is 2. The zero-order valence-electron chi connectivity index (χ0n) is 25.6. The fourth-order valence-electron chi connectivity index (χ4n) is 4.34. The highest BCUT2D eigenvalue weighted by Gasteiger charge is 2.32. The first-order valence-corrected chi connectivity index (χ1v) is 14.6. The van der Waals surface area contributed by atoms with Crippen LogP contribution in [0.15, 0.2) is 36.4 Å². The molecule has 0 spiro atoms. The Morgan fingerprint density at radius 2 is 1.68 bits per heavy atom. The fourth-order valence-corrected chi connectivity index (χ4v) is 4.34. The highest BCUT2D eigenvalue weighted by Crippen LogP contribution is 2.20. The number of ether oxygens (including phenoxy) is 3. The van der Waals surface area contributed by atoms with Crippen molar-refractivity contribution in [3.63, 3.8) is 0 Å². The SMILES string of the molecule is CCCCOC(=O)N1CCN(C(=O)C(CCC(=O)OC(C)(C)C)NC(=O)c2cc(OCC(=O)O)n(-c3ccccc3)n2)CC1. The molecule has 1 saturated heterocycles. The Morgan fingerprint density at radius 3 is 2.30 bits per heavy atom. The quantitative estimate of drug-likeness (QED) is 0.252. The van der Waals surface area contributed by atoms with Gasteiger partial charge in [-0.2, -0.15) is 5.10 Å². The first-order valence-electron chi connectivity index (χ1n) is 14.6. The van der Waals surface area contributed by atoms with Crippen LogP contribution in [0.25, 0.3) is 5.69 Å². The number of hydrogen-bond acceptors (Lipinski definition) is 9. The summed E-state index contributed by atoms with van der Waals surface area (Å²) >= 11 is 0. The number of piperazine rings is 1. The van der Waals surface area contributed by atoms with E-state index in [-0.39, 0.29) is 50.6 Å². The van der Waals surface area contributed by atoms with Crippen LogP contribution in [0.3, 0.4) is 0 Å². The predicted octanol–water partition coefficient (Wildman–Crippen LogP) is 2.64. The molecule has 1 atom stereocenters. The molecule has 2 N–H and O–H groups in total. The lowest BCUT2D eigenvalue weighted by Gasteiger charge is -2.36. The molecule has 1 unspecified atom stereocenters. The normalized spacial score (nSPS) is 14.0. The number of aliphatic carboxylic acids is 1. The van der Waals surface area contributed by atoms with E-state index in [4.69, 9.17) is 19.3 Å². The zero-order valence-corrected chi connectivity index (χ0v) is 25.6. The number of carboxylic acids is 1. The second-order valence-corrected chi connectivity index (χ2v) is 11.2. The second kappa shape index (κ2) is 15.7. The highest BCUT2D eigenvalue weighted by molar-refractivity contribution is 5.96. The van der Waals surface area contributed by atoms with Crippen molar-refractivity contribution >= 4 is 29.8 Å². The smallest absolute Gasteiger partial charge is 0.409 e. The van der Waals surface area contributed by atoms with E-state index in [2.05, 4.69) is 10.4 Å². The van der Waals surface area contributed by atoms with E-state index in [0.717, 1.165) is 12.8 Å². The Kier molecular flexibility index (Phi) is 12.1. The number of rotatable bonds is 13. The molecule has 240 valence electrons. The molecule has 0 radical (unpaired) electrons. The second-order valence-electron chi connectivity index (χ2n) is 11.2. The topological polar surface area (TPSA) is 170 Å². The van der Waals surface area contributed by atoms with Crippen LogP contribution in [0.5, 0.6) is 5.88 Å². The average Bonchev–Trinajstić information content (AvgIpc) is 3.42. The summed E-state index contributed by atoms with van der Waals surface area (Å²) < 4.78 is 17.3. The van der Waals surface area contributed by atoms with Gasteiger partial charge in [0.1, 0.15) is 11.6 Å². The van der Waals surface area contributed by atoms with Gasteiger partial charge in [-0.1, -0.05) is 31.5 Å². The summed E-state index contributed by atoms with van der Waals surface area (Å²) in [7, 11) is 0. The van der Waals surface area contributed by atoms with Crippen molar-refractivity contribution < 1.29 is 43.3 Å². The molecule has 1 aliphatic rings. The van der Waals surface area contributed by atoms with Gasteiger partial charge >= 0.3 is 18.0 Å². The number of unbranched alkanes of at least 4 members (excludes halogenated alkanes) is 1. The van der Waals surface area contributed by atoms with E-state index in [9.17, 15) is 24.0 Å². The van der Waals surface area contributed by atoms with Gasteiger partial charge in [0.25, 0.3) is 5.91 Å². The summed E-state index contributed by atoms with van der Waals surface area (Å²) in [5.41, 5.74) is -0.321. The third-order valence-electron chi connectivity index (χ3n) is 6.49. The summed E-state index contributed by atoms with van der Waals surface area (Å²) in [6, 6.07) is 8.85. The minimum atomic E-state index is -1.21. The summed E-state index contributed by atoms with van der Waals surface area (Å²) in [4.78, 5) is 66.0. The molecule has 2 aromatic rings. The molecule has 1 aliphatic heterocycles. The van der Waals surface area contributed by atoms with Crippen LogP contribution in [-0.2, 0) is 23.9 Å². The molecule has 0 saturated carbocycles.